The number of benzene rings is 1. The van der Waals surface area contributed by atoms with Crippen molar-refractivity contribution >= 4 is 29.0 Å². The number of nitrogens with zero attached hydrogens (tertiary/aromatic N) is 6. The highest BCUT2D eigenvalue weighted by Gasteiger charge is 2.07. The molecule has 8 nitrogen and oxygen atoms in total. The van der Waals surface area contributed by atoms with Crippen LogP contribution in [-0.4, -0.2) is 35.1 Å². The van der Waals surface area contributed by atoms with Crippen molar-refractivity contribution < 1.29 is 0 Å². The summed E-state index contributed by atoms with van der Waals surface area (Å²) in [5.74, 6) is 7.15. The molecule has 0 saturated carbocycles. The van der Waals surface area contributed by atoms with Crippen molar-refractivity contribution in [2.45, 2.75) is 6.54 Å². The number of aromatic nitrogens is 7. The molecule has 4 heterocycles. The molecule has 0 radical (unpaired) electrons. The van der Waals surface area contributed by atoms with Gasteiger partial charge in [-0.1, -0.05) is 31.2 Å². The fourth-order valence-corrected chi connectivity index (χ4v) is 3.42. The van der Waals surface area contributed by atoms with E-state index < -0.39 is 0 Å². The Hall–Kier alpha value is -5.16. The SMILES string of the molecule is C=Cc1cnc(CNc2nccc(-c3nccc(C#Cc4ccc5[nH]ncc5c4)n3)n2)cc1C=C. The summed E-state index contributed by atoms with van der Waals surface area (Å²) in [6.07, 6.45) is 10.4. The molecule has 4 aromatic heterocycles. The van der Waals surface area contributed by atoms with Crippen molar-refractivity contribution in [2.24, 2.45) is 0 Å². The van der Waals surface area contributed by atoms with E-state index in [1.807, 2.05) is 24.3 Å². The molecule has 0 aliphatic rings. The molecule has 5 rings (SSSR count). The molecule has 0 spiro atoms. The number of H-pyrrole nitrogens is 1. The van der Waals surface area contributed by atoms with E-state index in [0.29, 0.717) is 29.7 Å². The molecule has 2 N–H and O–H groups in total. The first-order chi connectivity index (χ1) is 17.2. The highest BCUT2D eigenvalue weighted by Crippen LogP contribution is 2.16. The lowest BCUT2D eigenvalue weighted by Crippen LogP contribution is -2.06. The van der Waals surface area contributed by atoms with Gasteiger partial charge in [-0.3, -0.25) is 10.1 Å². The van der Waals surface area contributed by atoms with Crippen LogP contribution in [0.5, 0.6) is 0 Å². The van der Waals surface area contributed by atoms with Crippen LogP contribution in [0, 0.1) is 11.8 Å². The Labute approximate surface area is 202 Å². The largest absolute Gasteiger partial charge is 0.349 e. The first-order valence-electron chi connectivity index (χ1n) is 10.8. The highest BCUT2D eigenvalue weighted by molar-refractivity contribution is 5.79. The van der Waals surface area contributed by atoms with E-state index in [4.69, 9.17) is 0 Å². The van der Waals surface area contributed by atoms with Crippen LogP contribution in [0.4, 0.5) is 5.95 Å². The van der Waals surface area contributed by atoms with Crippen molar-refractivity contribution in [3.63, 3.8) is 0 Å². The Morgan fingerprint density at radius 3 is 2.66 bits per heavy atom. The summed E-state index contributed by atoms with van der Waals surface area (Å²) in [6, 6.07) is 11.4. The van der Waals surface area contributed by atoms with Gasteiger partial charge in [0.1, 0.15) is 11.4 Å². The summed E-state index contributed by atoms with van der Waals surface area (Å²) in [6.45, 7) is 8.09. The minimum atomic E-state index is 0.450. The first-order valence-corrected chi connectivity index (χ1v) is 10.8. The van der Waals surface area contributed by atoms with Gasteiger partial charge in [0.05, 0.1) is 24.0 Å². The predicted octanol–water partition coefficient (Wildman–Crippen LogP) is 4.50. The van der Waals surface area contributed by atoms with Crippen LogP contribution in [0.1, 0.15) is 28.1 Å². The lowest BCUT2D eigenvalue weighted by molar-refractivity contribution is 0.995. The number of fused-ring (bicyclic) bond motifs is 1. The van der Waals surface area contributed by atoms with E-state index in [1.165, 1.54) is 0 Å². The molecule has 0 saturated heterocycles. The van der Waals surface area contributed by atoms with Gasteiger partial charge in [0.15, 0.2) is 5.82 Å². The molecule has 0 unspecified atom stereocenters. The van der Waals surface area contributed by atoms with Gasteiger partial charge in [0.2, 0.25) is 5.95 Å². The van der Waals surface area contributed by atoms with Gasteiger partial charge in [0.25, 0.3) is 0 Å². The van der Waals surface area contributed by atoms with Crippen LogP contribution in [0.2, 0.25) is 0 Å². The van der Waals surface area contributed by atoms with Gasteiger partial charge in [-0.25, -0.2) is 19.9 Å². The minimum absolute atomic E-state index is 0.450. The Morgan fingerprint density at radius 1 is 0.886 bits per heavy atom. The second-order valence-corrected chi connectivity index (χ2v) is 7.52. The maximum absolute atomic E-state index is 4.56. The Kier molecular flexibility index (Phi) is 6.05. The van der Waals surface area contributed by atoms with Crippen LogP contribution in [0.15, 0.2) is 74.3 Å². The third kappa shape index (κ3) is 4.94. The number of hydrogen-bond donors (Lipinski definition) is 2. The van der Waals surface area contributed by atoms with Crippen LogP contribution in [0.25, 0.3) is 34.6 Å². The fraction of sp³-hybridized carbons (Fsp3) is 0.0370. The van der Waals surface area contributed by atoms with Crippen LogP contribution in [-0.2, 0) is 6.54 Å². The van der Waals surface area contributed by atoms with Crippen molar-refractivity contribution in [3.8, 4) is 23.4 Å². The molecule has 0 aliphatic carbocycles. The van der Waals surface area contributed by atoms with Crippen LogP contribution >= 0.6 is 0 Å². The monoisotopic (exact) mass is 456 g/mol. The lowest BCUT2D eigenvalue weighted by atomic mass is 10.1. The summed E-state index contributed by atoms with van der Waals surface area (Å²) in [7, 11) is 0. The Morgan fingerprint density at radius 2 is 1.77 bits per heavy atom. The van der Waals surface area contributed by atoms with Crippen LogP contribution < -0.4 is 5.32 Å². The molecule has 1 aromatic carbocycles. The van der Waals surface area contributed by atoms with E-state index in [0.717, 1.165) is 33.3 Å². The minimum Gasteiger partial charge on any atom is -0.349 e. The topological polar surface area (TPSA) is 105 Å². The van der Waals surface area contributed by atoms with Crippen molar-refractivity contribution in [1.29, 1.82) is 0 Å². The Bertz CT molecular complexity index is 1610. The smallest absolute Gasteiger partial charge is 0.223 e. The summed E-state index contributed by atoms with van der Waals surface area (Å²) >= 11 is 0. The van der Waals surface area contributed by atoms with Crippen molar-refractivity contribution in [2.75, 3.05) is 5.32 Å². The van der Waals surface area contributed by atoms with E-state index in [-0.39, 0.29) is 0 Å². The summed E-state index contributed by atoms with van der Waals surface area (Å²) < 4.78 is 0. The molecule has 5 aromatic rings. The third-order valence-electron chi connectivity index (χ3n) is 5.21. The average Bonchev–Trinajstić information content (AvgIpc) is 3.39. The summed E-state index contributed by atoms with van der Waals surface area (Å²) in [5, 5.41) is 11.2. The second-order valence-electron chi connectivity index (χ2n) is 7.52. The van der Waals surface area contributed by atoms with Gasteiger partial charge < -0.3 is 5.32 Å². The van der Waals surface area contributed by atoms with Crippen LogP contribution in [0.3, 0.4) is 0 Å². The predicted molar refractivity (Wildman–Crippen MR) is 137 cm³/mol. The van der Waals surface area contributed by atoms with Gasteiger partial charge in [-0.2, -0.15) is 5.10 Å². The maximum atomic E-state index is 4.56. The molecular formula is C27H20N8. The van der Waals surface area contributed by atoms with Gasteiger partial charge in [-0.15, -0.1) is 0 Å². The van der Waals surface area contributed by atoms with Gasteiger partial charge >= 0.3 is 0 Å². The Balaban J connectivity index is 1.33. The van der Waals surface area contributed by atoms with E-state index >= 15 is 0 Å². The molecule has 8 heteroatoms. The first kappa shape index (κ1) is 21.7. The molecule has 168 valence electrons. The molecule has 0 aliphatic heterocycles. The number of pyridine rings is 1. The number of hydrogen-bond acceptors (Lipinski definition) is 7. The molecule has 0 fully saturated rings. The molecule has 0 amide bonds. The normalized spacial score (nSPS) is 10.4. The second kappa shape index (κ2) is 9.77. The fourth-order valence-electron chi connectivity index (χ4n) is 3.42. The number of nitrogens with one attached hydrogen (secondary N) is 2. The molecular weight excluding hydrogens is 436 g/mol. The summed E-state index contributed by atoms with van der Waals surface area (Å²) in [4.78, 5) is 22.2. The third-order valence-corrected chi connectivity index (χ3v) is 5.21. The van der Waals surface area contributed by atoms with Gasteiger partial charge in [0, 0.05) is 29.5 Å². The number of aromatic amines is 1. The van der Waals surface area contributed by atoms with E-state index in [2.05, 4.69) is 65.4 Å². The maximum Gasteiger partial charge on any atom is 0.223 e. The summed E-state index contributed by atoms with van der Waals surface area (Å²) in [5.41, 5.74) is 5.77. The quantitative estimate of drug-likeness (QED) is 0.362. The lowest BCUT2D eigenvalue weighted by Gasteiger charge is -2.08. The molecule has 0 atom stereocenters. The van der Waals surface area contributed by atoms with E-state index in [9.17, 15) is 0 Å². The highest BCUT2D eigenvalue weighted by atomic mass is 15.1. The van der Waals surface area contributed by atoms with Crippen molar-refractivity contribution in [1.82, 2.24) is 35.1 Å². The van der Waals surface area contributed by atoms with Gasteiger partial charge in [-0.05, 0) is 53.4 Å². The molecule has 0 bridgehead atoms. The zero-order valence-electron chi connectivity index (χ0n) is 18.7. The van der Waals surface area contributed by atoms with Crippen molar-refractivity contribution in [3.05, 3.63) is 102 Å². The average molecular weight is 457 g/mol. The van der Waals surface area contributed by atoms with E-state index in [1.54, 1.807) is 49.1 Å². The number of anilines is 1. The zero-order chi connectivity index (χ0) is 24.0. The number of rotatable bonds is 6. The molecule has 35 heavy (non-hydrogen) atoms. The zero-order valence-corrected chi connectivity index (χ0v) is 18.7. The standard InChI is InChI=1S/C27H20N8/c1-3-19-14-23(30-15-20(19)4-2)17-31-27-29-12-10-25(34-27)26-28-11-9-22(33-26)7-5-18-6-8-24-21(13-18)16-32-35-24/h3-4,6,8-16H,1-2,17H2,(H,32,35)(H,29,31,34).